The molecule has 6 nitrogen and oxygen atoms in total. The van der Waals surface area contributed by atoms with Crippen LogP contribution in [0.1, 0.15) is 36.8 Å². The van der Waals surface area contributed by atoms with Crippen molar-refractivity contribution < 1.29 is 19.1 Å². The van der Waals surface area contributed by atoms with Crippen molar-refractivity contribution >= 4 is 29.5 Å². The summed E-state index contributed by atoms with van der Waals surface area (Å²) in [6, 6.07) is 5.70. The van der Waals surface area contributed by atoms with E-state index in [1.807, 2.05) is 6.07 Å². The number of thioether (sulfide) groups is 1. The molecule has 0 spiro atoms. The molecular weight excluding hydrogens is 352 g/mol. The number of fused-ring (bicyclic) bond motifs is 1. The van der Waals surface area contributed by atoms with Crippen molar-refractivity contribution in [2.45, 2.75) is 49.5 Å². The maximum atomic E-state index is 12.3. The van der Waals surface area contributed by atoms with Gasteiger partial charge in [-0.1, -0.05) is 6.07 Å². The van der Waals surface area contributed by atoms with Crippen molar-refractivity contribution in [1.82, 2.24) is 4.90 Å². The molecule has 1 aromatic rings. The number of primary amides is 1. The summed E-state index contributed by atoms with van der Waals surface area (Å²) in [6.45, 7) is 0.140. The Hall–Kier alpha value is -2.02. The topological polar surface area (TPSA) is 89.7 Å². The van der Waals surface area contributed by atoms with Crippen molar-refractivity contribution in [3.05, 3.63) is 29.3 Å². The molecule has 1 fully saturated rings. The lowest BCUT2D eigenvalue weighted by atomic mass is 10.0. The number of ether oxygens (including phenoxy) is 1. The lowest BCUT2D eigenvalue weighted by Crippen LogP contribution is -2.51. The fourth-order valence-corrected chi connectivity index (χ4v) is 4.33. The summed E-state index contributed by atoms with van der Waals surface area (Å²) >= 11 is 1.41. The number of benzene rings is 1. The number of carbonyl (C=O) groups is 3. The molecule has 1 atom stereocenters. The zero-order chi connectivity index (χ0) is 18.5. The molecular formula is C19H24N2O4S. The number of amides is 2. The van der Waals surface area contributed by atoms with Crippen molar-refractivity contribution in [2.24, 2.45) is 5.73 Å². The molecule has 2 aliphatic rings. The van der Waals surface area contributed by atoms with Gasteiger partial charge < -0.3 is 15.4 Å². The van der Waals surface area contributed by atoms with E-state index >= 15 is 0 Å². The number of carbonyl (C=O) groups excluding carboxylic acids is 3. The van der Waals surface area contributed by atoms with E-state index in [9.17, 15) is 14.4 Å². The van der Waals surface area contributed by atoms with Crippen LogP contribution in [-0.4, -0.2) is 47.6 Å². The smallest absolute Gasteiger partial charge is 0.316 e. The molecule has 1 heterocycles. The van der Waals surface area contributed by atoms with Gasteiger partial charge in [-0.05, 0) is 61.8 Å². The number of hydrogen-bond acceptors (Lipinski definition) is 5. The van der Waals surface area contributed by atoms with E-state index in [2.05, 4.69) is 12.1 Å². The molecule has 0 aromatic heterocycles. The Balaban J connectivity index is 1.44. The molecule has 1 aliphatic heterocycles. The number of likely N-dealkylation sites (tertiary alicyclic amines) is 1. The molecule has 0 radical (unpaired) electrons. The van der Waals surface area contributed by atoms with Gasteiger partial charge in [0.15, 0.2) is 6.61 Å². The zero-order valence-corrected chi connectivity index (χ0v) is 15.6. The van der Waals surface area contributed by atoms with Crippen molar-refractivity contribution in [3.8, 4) is 0 Å². The Bertz CT molecular complexity index is 707. The van der Waals surface area contributed by atoms with E-state index in [4.69, 9.17) is 10.5 Å². The molecule has 3 rings (SSSR count). The highest BCUT2D eigenvalue weighted by Gasteiger charge is 2.30. The second kappa shape index (κ2) is 8.58. The minimum atomic E-state index is -0.587. The summed E-state index contributed by atoms with van der Waals surface area (Å²) in [4.78, 5) is 38.1. The van der Waals surface area contributed by atoms with Gasteiger partial charge in [0.1, 0.15) is 6.04 Å². The van der Waals surface area contributed by atoms with E-state index in [-0.39, 0.29) is 18.3 Å². The Morgan fingerprint density at radius 3 is 2.77 bits per heavy atom. The van der Waals surface area contributed by atoms with Crippen LogP contribution in [0.3, 0.4) is 0 Å². The number of piperidine rings is 1. The van der Waals surface area contributed by atoms with Gasteiger partial charge in [-0.25, -0.2) is 0 Å². The Labute approximate surface area is 157 Å². The summed E-state index contributed by atoms with van der Waals surface area (Å²) in [5, 5.41) is 0. The van der Waals surface area contributed by atoms with Gasteiger partial charge in [0.2, 0.25) is 5.91 Å². The fourth-order valence-electron chi connectivity index (χ4n) is 3.57. The monoisotopic (exact) mass is 376 g/mol. The first-order chi connectivity index (χ1) is 12.5. The van der Waals surface area contributed by atoms with Crippen LogP contribution in [-0.2, 0) is 32.0 Å². The van der Waals surface area contributed by atoms with Crippen LogP contribution in [0.15, 0.2) is 23.1 Å². The molecule has 1 saturated heterocycles. The number of hydrogen-bond donors (Lipinski definition) is 1. The number of esters is 1. The van der Waals surface area contributed by atoms with Gasteiger partial charge in [-0.15, -0.1) is 11.8 Å². The first-order valence-corrected chi connectivity index (χ1v) is 10.0. The van der Waals surface area contributed by atoms with Crippen molar-refractivity contribution in [3.63, 3.8) is 0 Å². The second-order valence-electron chi connectivity index (χ2n) is 6.73. The number of nitrogens with two attached hydrogens (primary N) is 1. The molecule has 0 unspecified atom stereocenters. The molecule has 26 heavy (non-hydrogen) atoms. The number of nitrogens with zero attached hydrogens (tertiary/aromatic N) is 1. The third-order valence-corrected chi connectivity index (χ3v) is 5.90. The average molecular weight is 376 g/mol. The van der Waals surface area contributed by atoms with Gasteiger partial charge in [0, 0.05) is 11.4 Å². The van der Waals surface area contributed by atoms with Crippen LogP contribution in [0.5, 0.6) is 0 Å². The molecule has 140 valence electrons. The molecule has 0 bridgehead atoms. The van der Waals surface area contributed by atoms with Crippen molar-refractivity contribution in [2.75, 3.05) is 18.9 Å². The predicted octanol–water partition coefficient (Wildman–Crippen LogP) is 1.68. The van der Waals surface area contributed by atoms with Crippen LogP contribution >= 0.6 is 11.8 Å². The quantitative estimate of drug-likeness (QED) is 0.603. The Kier molecular flexibility index (Phi) is 6.19. The third-order valence-electron chi connectivity index (χ3n) is 4.93. The molecule has 1 aromatic carbocycles. The predicted molar refractivity (Wildman–Crippen MR) is 98.7 cm³/mol. The molecule has 0 saturated carbocycles. The van der Waals surface area contributed by atoms with E-state index in [0.29, 0.717) is 13.0 Å². The zero-order valence-electron chi connectivity index (χ0n) is 14.7. The van der Waals surface area contributed by atoms with Gasteiger partial charge in [0.05, 0.1) is 5.75 Å². The summed E-state index contributed by atoms with van der Waals surface area (Å²) in [5.41, 5.74) is 8.12. The van der Waals surface area contributed by atoms with Gasteiger partial charge in [0.25, 0.3) is 5.91 Å². The van der Waals surface area contributed by atoms with E-state index in [1.54, 1.807) is 0 Å². The fraction of sp³-hybridized carbons (Fsp3) is 0.526. The van der Waals surface area contributed by atoms with Gasteiger partial charge >= 0.3 is 5.97 Å². The summed E-state index contributed by atoms with van der Waals surface area (Å²) in [5.74, 6) is -1.14. The van der Waals surface area contributed by atoms with Crippen molar-refractivity contribution in [1.29, 1.82) is 0 Å². The molecule has 1 aliphatic carbocycles. The van der Waals surface area contributed by atoms with Crippen LogP contribution < -0.4 is 5.73 Å². The van der Waals surface area contributed by atoms with Crippen LogP contribution in [0, 0.1) is 0 Å². The van der Waals surface area contributed by atoms with Gasteiger partial charge in [-0.3, -0.25) is 14.4 Å². The Morgan fingerprint density at radius 2 is 1.96 bits per heavy atom. The first kappa shape index (κ1) is 18.8. The standard InChI is InChI=1S/C19H24N2O4S/c20-19(24)16-6-1-2-9-21(16)17(22)11-25-18(23)12-26-15-8-7-13-4-3-5-14(13)10-15/h7-8,10,16H,1-6,9,11-12H2,(H2,20,24)/t16-/m0/s1. The van der Waals surface area contributed by atoms with Crippen LogP contribution in [0.25, 0.3) is 0 Å². The molecule has 7 heteroatoms. The van der Waals surface area contributed by atoms with E-state index in [1.165, 1.54) is 34.2 Å². The van der Waals surface area contributed by atoms with Crippen LogP contribution in [0.4, 0.5) is 0 Å². The van der Waals surface area contributed by atoms with E-state index < -0.39 is 17.9 Å². The number of aryl methyl sites for hydroxylation is 2. The summed E-state index contributed by atoms with van der Waals surface area (Å²) in [7, 11) is 0. The normalized spacial score (nSPS) is 19.1. The largest absolute Gasteiger partial charge is 0.455 e. The highest BCUT2D eigenvalue weighted by molar-refractivity contribution is 8.00. The lowest BCUT2D eigenvalue weighted by molar-refractivity contribution is -0.153. The first-order valence-electron chi connectivity index (χ1n) is 9.03. The average Bonchev–Trinajstić information content (AvgIpc) is 3.12. The molecule has 2 N–H and O–H groups in total. The third kappa shape index (κ3) is 4.58. The summed E-state index contributed by atoms with van der Waals surface area (Å²) in [6.07, 6.45) is 5.69. The van der Waals surface area contributed by atoms with Crippen LogP contribution in [0.2, 0.25) is 0 Å². The maximum absolute atomic E-state index is 12.3. The highest BCUT2D eigenvalue weighted by Crippen LogP contribution is 2.27. The second-order valence-corrected chi connectivity index (χ2v) is 7.78. The minimum Gasteiger partial charge on any atom is -0.455 e. The number of rotatable bonds is 6. The SMILES string of the molecule is NC(=O)[C@@H]1CCCCN1C(=O)COC(=O)CSc1ccc2c(c1)CCC2. The lowest BCUT2D eigenvalue weighted by Gasteiger charge is -2.33. The Morgan fingerprint density at radius 1 is 1.15 bits per heavy atom. The summed E-state index contributed by atoms with van der Waals surface area (Å²) < 4.78 is 5.10. The minimum absolute atomic E-state index is 0.158. The highest BCUT2D eigenvalue weighted by atomic mass is 32.2. The molecule has 2 amide bonds. The van der Waals surface area contributed by atoms with Gasteiger partial charge in [-0.2, -0.15) is 0 Å². The van der Waals surface area contributed by atoms with E-state index in [0.717, 1.165) is 30.6 Å². The maximum Gasteiger partial charge on any atom is 0.316 e.